The van der Waals surface area contributed by atoms with Gasteiger partial charge in [0.15, 0.2) is 6.29 Å². The molecule has 4 nitrogen and oxygen atoms in total. The molecule has 0 bridgehead atoms. The Labute approximate surface area is 117 Å². The summed E-state index contributed by atoms with van der Waals surface area (Å²) in [5, 5.41) is 4.78. The first-order chi connectivity index (χ1) is 9.79. The molecule has 1 radical (unpaired) electrons. The second-order valence-corrected chi connectivity index (χ2v) is 4.43. The van der Waals surface area contributed by atoms with Crippen LogP contribution in [0.25, 0.3) is 10.8 Å². The molecule has 0 atom stereocenters. The molecule has 1 amide bonds. The number of hydrogen-bond acceptors (Lipinski definition) is 3. The van der Waals surface area contributed by atoms with Gasteiger partial charge in [-0.05, 0) is 35.7 Å². The average molecular weight is 270 g/mol. The van der Waals surface area contributed by atoms with Gasteiger partial charge in [-0.25, -0.2) is 4.79 Å². The summed E-state index contributed by atoms with van der Waals surface area (Å²) in [6, 6.07) is 13.4. The van der Waals surface area contributed by atoms with Crippen LogP contribution in [0.2, 0.25) is 0 Å². The molecule has 0 spiro atoms. The third-order valence-corrected chi connectivity index (χ3v) is 2.91. The van der Waals surface area contributed by atoms with Crippen molar-refractivity contribution in [2.75, 3.05) is 6.54 Å². The van der Waals surface area contributed by atoms with Gasteiger partial charge in [-0.15, -0.1) is 0 Å². The highest BCUT2D eigenvalue weighted by atomic mass is 16.6. The highest BCUT2D eigenvalue weighted by Gasteiger charge is 2.04. The quantitative estimate of drug-likeness (QED) is 0.820. The minimum absolute atomic E-state index is 0.404. The van der Waals surface area contributed by atoms with Gasteiger partial charge in [0.1, 0.15) is 5.75 Å². The molecule has 0 aliphatic rings. The van der Waals surface area contributed by atoms with Gasteiger partial charge in [0, 0.05) is 13.0 Å². The maximum absolute atomic E-state index is 11.6. The Morgan fingerprint density at radius 2 is 1.90 bits per heavy atom. The molecule has 0 saturated carbocycles. The number of fused-ring (bicyclic) bond motifs is 1. The molecule has 0 aromatic heterocycles. The predicted molar refractivity (Wildman–Crippen MR) is 77.5 cm³/mol. The maximum Gasteiger partial charge on any atom is 0.412 e. The molecule has 1 N–H and O–H groups in total. The normalized spacial score (nSPS) is 10.2. The van der Waals surface area contributed by atoms with E-state index in [-0.39, 0.29) is 0 Å². The van der Waals surface area contributed by atoms with Crippen LogP contribution in [0.3, 0.4) is 0 Å². The van der Waals surface area contributed by atoms with Crippen molar-refractivity contribution in [1.29, 1.82) is 0 Å². The largest absolute Gasteiger partial charge is 0.412 e. The van der Waals surface area contributed by atoms with E-state index in [4.69, 9.17) is 4.74 Å². The zero-order valence-corrected chi connectivity index (χ0v) is 11.1. The molecule has 20 heavy (non-hydrogen) atoms. The summed E-state index contributed by atoms with van der Waals surface area (Å²) in [6.07, 6.45) is 3.21. The van der Waals surface area contributed by atoms with Crippen molar-refractivity contribution in [1.82, 2.24) is 5.32 Å². The smallest absolute Gasteiger partial charge is 0.410 e. The SMILES string of the molecule is O=[C]CCCCNC(=O)Oc1ccc2ccccc2c1. The van der Waals surface area contributed by atoms with E-state index in [2.05, 4.69) is 5.32 Å². The van der Waals surface area contributed by atoms with Crippen LogP contribution < -0.4 is 10.1 Å². The Kier molecular flexibility index (Phi) is 5.12. The number of nitrogens with one attached hydrogen (secondary N) is 1. The number of ether oxygens (including phenoxy) is 1. The number of benzene rings is 2. The molecule has 103 valence electrons. The van der Waals surface area contributed by atoms with Crippen LogP contribution in [-0.4, -0.2) is 18.9 Å². The molecule has 2 aromatic rings. The Morgan fingerprint density at radius 1 is 1.10 bits per heavy atom. The number of carbonyl (C=O) groups excluding carboxylic acids is 2. The van der Waals surface area contributed by atoms with Crippen LogP contribution in [0.15, 0.2) is 42.5 Å². The molecule has 0 fully saturated rings. The summed E-state index contributed by atoms with van der Waals surface area (Å²) in [7, 11) is 0. The summed E-state index contributed by atoms with van der Waals surface area (Å²) < 4.78 is 5.20. The van der Waals surface area contributed by atoms with E-state index < -0.39 is 6.09 Å². The fourth-order valence-electron chi connectivity index (χ4n) is 1.89. The van der Waals surface area contributed by atoms with E-state index in [1.165, 1.54) is 0 Å². The first-order valence-electron chi connectivity index (χ1n) is 6.59. The highest BCUT2D eigenvalue weighted by Crippen LogP contribution is 2.20. The van der Waals surface area contributed by atoms with Crippen LogP contribution >= 0.6 is 0 Å². The first kappa shape index (κ1) is 14.1. The van der Waals surface area contributed by atoms with E-state index in [1.807, 2.05) is 42.7 Å². The van der Waals surface area contributed by atoms with Gasteiger partial charge in [0.05, 0.1) is 0 Å². The van der Waals surface area contributed by atoms with E-state index in [0.717, 1.165) is 23.6 Å². The van der Waals surface area contributed by atoms with E-state index in [0.29, 0.717) is 18.7 Å². The molecule has 0 unspecified atom stereocenters. The minimum Gasteiger partial charge on any atom is -0.410 e. The number of carbonyl (C=O) groups is 1. The Hall–Kier alpha value is -2.36. The molecule has 0 aliphatic heterocycles. The van der Waals surface area contributed by atoms with Crippen molar-refractivity contribution in [3.05, 3.63) is 42.5 Å². The molecule has 0 aliphatic carbocycles. The summed E-state index contributed by atoms with van der Waals surface area (Å²) in [5.41, 5.74) is 0. The lowest BCUT2D eigenvalue weighted by molar-refractivity contribution is 0.200. The van der Waals surface area contributed by atoms with Gasteiger partial charge in [0.25, 0.3) is 0 Å². The Balaban J connectivity index is 1.84. The van der Waals surface area contributed by atoms with Crippen molar-refractivity contribution >= 4 is 23.2 Å². The zero-order chi connectivity index (χ0) is 14.2. The second-order valence-electron chi connectivity index (χ2n) is 4.43. The minimum atomic E-state index is -0.477. The van der Waals surface area contributed by atoms with Crippen LogP contribution in [0.5, 0.6) is 5.75 Å². The number of unbranched alkanes of at least 4 members (excludes halogenated alkanes) is 2. The lowest BCUT2D eigenvalue weighted by Crippen LogP contribution is -2.27. The van der Waals surface area contributed by atoms with Crippen LogP contribution in [0.1, 0.15) is 19.3 Å². The molecule has 4 heteroatoms. The molecular formula is C16H16NO3. The van der Waals surface area contributed by atoms with Crippen LogP contribution in [0, 0.1) is 0 Å². The molecule has 0 saturated heterocycles. The standard InChI is InChI=1S/C16H16NO3/c18-11-5-1-4-10-17-16(19)20-15-9-8-13-6-2-3-7-14(13)12-15/h2-3,6-9,12H,1,4-5,10H2,(H,17,19). The van der Waals surface area contributed by atoms with Crippen molar-refractivity contribution < 1.29 is 14.3 Å². The fourth-order valence-corrected chi connectivity index (χ4v) is 1.89. The van der Waals surface area contributed by atoms with Crippen molar-refractivity contribution in [3.8, 4) is 5.75 Å². The molecule has 2 aromatic carbocycles. The number of amides is 1. The molecule has 2 rings (SSSR count). The van der Waals surface area contributed by atoms with E-state index in [1.54, 1.807) is 6.07 Å². The second kappa shape index (κ2) is 7.28. The van der Waals surface area contributed by atoms with E-state index in [9.17, 15) is 9.59 Å². The molecular weight excluding hydrogens is 254 g/mol. The van der Waals surface area contributed by atoms with Gasteiger partial charge in [-0.2, -0.15) is 0 Å². The third kappa shape index (κ3) is 4.09. The first-order valence-corrected chi connectivity index (χ1v) is 6.59. The van der Waals surface area contributed by atoms with Crippen molar-refractivity contribution in [2.24, 2.45) is 0 Å². The predicted octanol–water partition coefficient (Wildman–Crippen LogP) is 3.21. The van der Waals surface area contributed by atoms with Crippen molar-refractivity contribution in [3.63, 3.8) is 0 Å². The zero-order valence-electron chi connectivity index (χ0n) is 11.1. The number of rotatable bonds is 6. The van der Waals surface area contributed by atoms with Gasteiger partial charge in [-0.1, -0.05) is 30.3 Å². The van der Waals surface area contributed by atoms with Gasteiger partial charge in [0.2, 0.25) is 0 Å². The Bertz CT molecular complexity index is 595. The van der Waals surface area contributed by atoms with Crippen LogP contribution in [-0.2, 0) is 4.79 Å². The Morgan fingerprint density at radius 3 is 2.70 bits per heavy atom. The van der Waals surface area contributed by atoms with Gasteiger partial charge < -0.3 is 10.1 Å². The third-order valence-electron chi connectivity index (χ3n) is 2.91. The summed E-state index contributed by atoms with van der Waals surface area (Å²) in [6.45, 7) is 0.494. The monoisotopic (exact) mass is 270 g/mol. The fraction of sp³-hybridized carbons (Fsp3) is 0.250. The lowest BCUT2D eigenvalue weighted by Gasteiger charge is -2.07. The lowest BCUT2D eigenvalue weighted by atomic mass is 10.1. The van der Waals surface area contributed by atoms with Crippen LogP contribution in [0.4, 0.5) is 4.79 Å². The van der Waals surface area contributed by atoms with Gasteiger partial charge in [-0.3, -0.25) is 4.79 Å². The van der Waals surface area contributed by atoms with Crippen molar-refractivity contribution in [2.45, 2.75) is 19.3 Å². The maximum atomic E-state index is 11.6. The highest BCUT2D eigenvalue weighted by molar-refractivity contribution is 5.84. The molecule has 0 heterocycles. The number of hydrogen-bond donors (Lipinski definition) is 1. The summed E-state index contributed by atoms with van der Waals surface area (Å²) in [5.74, 6) is 0.516. The summed E-state index contributed by atoms with van der Waals surface area (Å²) in [4.78, 5) is 21.6. The topological polar surface area (TPSA) is 55.4 Å². The van der Waals surface area contributed by atoms with Gasteiger partial charge >= 0.3 is 6.09 Å². The summed E-state index contributed by atoms with van der Waals surface area (Å²) >= 11 is 0. The average Bonchev–Trinajstić information content (AvgIpc) is 2.47. The van der Waals surface area contributed by atoms with E-state index >= 15 is 0 Å².